The highest BCUT2D eigenvalue weighted by Crippen LogP contribution is 2.31. The van der Waals surface area contributed by atoms with Crippen LogP contribution in [0.5, 0.6) is 5.75 Å². The number of hydrogen-bond donors (Lipinski definition) is 1. The van der Waals surface area contributed by atoms with Gasteiger partial charge in [0.15, 0.2) is 0 Å². The van der Waals surface area contributed by atoms with Crippen LogP contribution in [0.15, 0.2) is 66.7 Å². The molecule has 1 saturated heterocycles. The first-order valence-electron chi connectivity index (χ1n) is 10.9. The third kappa shape index (κ3) is 5.16. The number of hydrogen-bond acceptors (Lipinski definition) is 5. The zero-order valence-electron chi connectivity index (χ0n) is 18.7. The Kier molecular flexibility index (Phi) is 7.35. The van der Waals surface area contributed by atoms with E-state index in [4.69, 9.17) is 21.1 Å². The Morgan fingerprint density at radius 2 is 1.79 bits per heavy atom. The Morgan fingerprint density at radius 1 is 1.06 bits per heavy atom. The second kappa shape index (κ2) is 10.6. The maximum absolute atomic E-state index is 13.6. The van der Waals surface area contributed by atoms with E-state index in [2.05, 4.69) is 0 Å². The number of carbonyl (C=O) groups is 2. The average molecular weight is 481 g/mol. The Balaban J connectivity index is 1.78. The standard InChI is InChI=1S/C26H25ClN2O5/c1-33-24-10-7-20(27)15-19(24)17-29(25(30)18-5-3-2-4-6-18)21-8-9-23(22(16-21)26(31)32)28-11-13-34-14-12-28/h2-10,15-16H,11-14,17H2,1H3,(H,31,32). The number of carbonyl (C=O) groups excluding carboxylic acids is 1. The molecule has 1 aliphatic rings. The zero-order chi connectivity index (χ0) is 24.1. The van der Waals surface area contributed by atoms with Crippen LogP contribution in [0.25, 0.3) is 0 Å². The molecule has 0 unspecified atom stereocenters. The van der Waals surface area contributed by atoms with Crippen LogP contribution in [0.2, 0.25) is 5.02 Å². The van der Waals surface area contributed by atoms with Crippen LogP contribution in [-0.2, 0) is 11.3 Å². The quantitative estimate of drug-likeness (QED) is 0.526. The zero-order valence-corrected chi connectivity index (χ0v) is 19.5. The first-order valence-corrected chi connectivity index (χ1v) is 11.2. The summed E-state index contributed by atoms with van der Waals surface area (Å²) in [5, 5.41) is 10.5. The van der Waals surface area contributed by atoms with Crippen molar-refractivity contribution in [2.45, 2.75) is 6.54 Å². The van der Waals surface area contributed by atoms with Crippen LogP contribution in [0.1, 0.15) is 26.3 Å². The maximum Gasteiger partial charge on any atom is 0.337 e. The lowest BCUT2D eigenvalue weighted by Crippen LogP contribution is -2.37. The molecule has 1 aliphatic heterocycles. The number of ether oxygens (including phenoxy) is 2. The second-order valence-corrected chi connectivity index (χ2v) is 8.26. The van der Waals surface area contributed by atoms with E-state index in [-0.39, 0.29) is 18.0 Å². The van der Waals surface area contributed by atoms with Gasteiger partial charge in [0, 0.05) is 34.9 Å². The maximum atomic E-state index is 13.6. The van der Waals surface area contributed by atoms with Crippen LogP contribution >= 0.6 is 11.6 Å². The summed E-state index contributed by atoms with van der Waals surface area (Å²) in [7, 11) is 1.55. The highest BCUT2D eigenvalue weighted by Gasteiger charge is 2.24. The molecule has 8 heteroatoms. The topological polar surface area (TPSA) is 79.3 Å². The SMILES string of the molecule is COc1ccc(Cl)cc1CN(C(=O)c1ccccc1)c1ccc(N2CCOCC2)c(C(=O)O)c1. The van der Waals surface area contributed by atoms with Crippen molar-refractivity contribution in [2.75, 3.05) is 43.2 Å². The Morgan fingerprint density at radius 3 is 2.47 bits per heavy atom. The third-order valence-electron chi connectivity index (χ3n) is 5.71. The van der Waals surface area contributed by atoms with Crippen molar-refractivity contribution in [3.8, 4) is 5.75 Å². The number of anilines is 2. The van der Waals surface area contributed by atoms with Crippen LogP contribution in [0.3, 0.4) is 0 Å². The summed E-state index contributed by atoms with van der Waals surface area (Å²) in [4.78, 5) is 29.3. The smallest absolute Gasteiger partial charge is 0.337 e. The van der Waals surface area contributed by atoms with Gasteiger partial charge in [-0.05, 0) is 48.5 Å². The lowest BCUT2D eigenvalue weighted by Gasteiger charge is -2.31. The van der Waals surface area contributed by atoms with E-state index >= 15 is 0 Å². The summed E-state index contributed by atoms with van der Waals surface area (Å²) in [5.74, 6) is -0.743. The molecule has 0 atom stereocenters. The molecule has 1 N–H and O–H groups in total. The van der Waals surface area contributed by atoms with Crippen molar-refractivity contribution in [1.29, 1.82) is 0 Å². The molecule has 0 bridgehead atoms. The number of morpholine rings is 1. The molecule has 4 rings (SSSR count). The number of halogens is 1. The number of carboxylic acid groups (broad SMARTS) is 1. The molecule has 1 amide bonds. The van der Waals surface area contributed by atoms with Gasteiger partial charge in [-0.15, -0.1) is 0 Å². The van der Waals surface area contributed by atoms with Gasteiger partial charge < -0.3 is 24.4 Å². The Labute approximate surface area is 203 Å². The predicted octanol–water partition coefficient (Wildman–Crippen LogP) is 4.73. The summed E-state index contributed by atoms with van der Waals surface area (Å²) in [5.41, 5.74) is 2.38. The molecule has 3 aromatic rings. The molecule has 3 aromatic carbocycles. The number of rotatable bonds is 7. The lowest BCUT2D eigenvalue weighted by atomic mass is 10.1. The molecule has 0 spiro atoms. The minimum atomic E-state index is -1.06. The van der Waals surface area contributed by atoms with E-state index in [1.165, 1.54) is 0 Å². The van der Waals surface area contributed by atoms with Crippen LogP contribution in [-0.4, -0.2) is 50.4 Å². The van der Waals surface area contributed by atoms with Crippen LogP contribution in [0.4, 0.5) is 11.4 Å². The van der Waals surface area contributed by atoms with Gasteiger partial charge in [-0.1, -0.05) is 29.8 Å². The Bertz CT molecular complexity index is 1180. The van der Waals surface area contributed by atoms with E-state index < -0.39 is 5.97 Å². The van der Waals surface area contributed by atoms with Crippen LogP contribution < -0.4 is 14.5 Å². The van der Waals surface area contributed by atoms with Gasteiger partial charge in [0.05, 0.1) is 38.1 Å². The van der Waals surface area contributed by atoms with Gasteiger partial charge >= 0.3 is 5.97 Å². The largest absolute Gasteiger partial charge is 0.496 e. The third-order valence-corrected chi connectivity index (χ3v) is 5.95. The second-order valence-electron chi connectivity index (χ2n) is 7.82. The van der Waals surface area contributed by atoms with Crippen molar-refractivity contribution in [3.05, 3.63) is 88.4 Å². The highest BCUT2D eigenvalue weighted by molar-refractivity contribution is 6.30. The number of methoxy groups -OCH3 is 1. The van der Waals surface area contributed by atoms with E-state index in [0.29, 0.717) is 59.6 Å². The fraction of sp³-hybridized carbons (Fsp3) is 0.231. The number of aromatic carboxylic acids is 1. The number of benzene rings is 3. The first kappa shape index (κ1) is 23.6. The van der Waals surface area contributed by atoms with Crippen molar-refractivity contribution in [3.63, 3.8) is 0 Å². The minimum Gasteiger partial charge on any atom is -0.496 e. The van der Waals surface area contributed by atoms with Gasteiger partial charge in [0.2, 0.25) is 0 Å². The highest BCUT2D eigenvalue weighted by atomic mass is 35.5. The molecule has 1 fully saturated rings. The number of carboxylic acids is 1. The molecule has 176 valence electrons. The summed E-state index contributed by atoms with van der Waals surface area (Å²) >= 11 is 6.22. The van der Waals surface area contributed by atoms with Gasteiger partial charge in [0.1, 0.15) is 5.75 Å². The van der Waals surface area contributed by atoms with Crippen molar-refractivity contribution < 1.29 is 24.2 Å². The van der Waals surface area contributed by atoms with Crippen LogP contribution in [0, 0.1) is 0 Å². The Hall–Kier alpha value is -3.55. The van der Waals surface area contributed by atoms with Gasteiger partial charge in [-0.2, -0.15) is 0 Å². The lowest BCUT2D eigenvalue weighted by molar-refractivity contribution is 0.0696. The molecule has 7 nitrogen and oxygen atoms in total. The molecular weight excluding hydrogens is 456 g/mol. The fourth-order valence-corrected chi connectivity index (χ4v) is 4.20. The monoisotopic (exact) mass is 480 g/mol. The molecule has 0 saturated carbocycles. The predicted molar refractivity (Wildman–Crippen MR) is 131 cm³/mol. The average Bonchev–Trinajstić information content (AvgIpc) is 2.87. The van der Waals surface area contributed by atoms with E-state index in [9.17, 15) is 14.7 Å². The van der Waals surface area contributed by atoms with Crippen molar-refractivity contribution >= 4 is 34.9 Å². The molecule has 1 heterocycles. The molecule has 0 radical (unpaired) electrons. The van der Waals surface area contributed by atoms with Gasteiger partial charge in [-0.25, -0.2) is 4.79 Å². The summed E-state index contributed by atoms with van der Waals surface area (Å²) in [6.45, 7) is 2.42. The summed E-state index contributed by atoms with van der Waals surface area (Å²) in [6, 6.07) is 19.1. The van der Waals surface area contributed by atoms with Crippen molar-refractivity contribution in [1.82, 2.24) is 0 Å². The van der Waals surface area contributed by atoms with E-state index in [1.54, 1.807) is 72.7 Å². The number of nitrogens with zero attached hydrogens (tertiary/aromatic N) is 2. The molecular formula is C26H25ClN2O5. The van der Waals surface area contributed by atoms with Gasteiger partial charge in [-0.3, -0.25) is 4.79 Å². The molecule has 0 aromatic heterocycles. The van der Waals surface area contributed by atoms with E-state index in [1.807, 2.05) is 11.0 Å². The summed E-state index contributed by atoms with van der Waals surface area (Å²) in [6.07, 6.45) is 0. The minimum absolute atomic E-state index is 0.128. The first-order chi connectivity index (χ1) is 16.5. The molecule has 0 aliphatic carbocycles. The molecule has 34 heavy (non-hydrogen) atoms. The normalized spacial score (nSPS) is 13.4. The van der Waals surface area contributed by atoms with E-state index in [0.717, 1.165) is 0 Å². The van der Waals surface area contributed by atoms with Gasteiger partial charge in [0.25, 0.3) is 5.91 Å². The number of amides is 1. The summed E-state index contributed by atoms with van der Waals surface area (Å²) < 4.78 is 10.9. The fourth-order valence-electron chi connectivity index (χ4n) is 4.00. The van der Waals surface area contributed by atoms with Crippen molar-refractivity contribution in [2.24, 2.45) is 0 Å².